The molecule has 1 aliphatic carbocycles. The molecule has 1 aliphatic heterocycles. The van der Waals surface area contributed by atoms with Crippen LogP contribution in [0.4, 0.5) is 4.39 Å². The van der Waals surface area contributed by atoms with Crippen LogP contribution in [0.15, 0.2) is 36.8 Å². The smallest absolute Gasteiger partial charge is 0.274 e. The van der Waals surface area contributed by atoms with Crippen molar-refractivity contribution >= 4 is 17.7 Å². The minimum absolute atomic E-state index is 0.0980. The normalized spacial score (nSPS) is 19.2. The van der Waals surface area contributed by atoms with E-state index >= 15 is 0 Å². The monoisotopic (exact) mass is 595 g/mol. The molecule has 8 nitrogen and oxygen atoms in total. The van der Waals surface area contributed by atoms with Crippen molar-refractivity contribution in [3.8, 4) is 0 Å². The van der Waals surface area contributed by atoms with E-state index in [0.717, 1.165) is 31.2 Å². The van der Waals surface area contributed by atoms with Crippen molar-refractivity contribution in [1.29, 1.82) is 0 Å². The molecule has 1 aromatic carbocycles. The van der Waals surface area contributed by atoms with E-state index in [9.17, 15) is 18.8 Å². The maximum Gasteiger partial charge on any atom is 0.274 e. The number of nitrogens with one attached hydrogen (secondary N) is 1. The minimum atomic E-state index is -0.663. The van der Waals surface area contributed by atoms with Crippen LogP contribution >= 0.6 is 0 Å². The van der Waals surface area contributed by atoms with E-state index in [1.165, 1.54) is 31.4 Å². The van der Waals surface area contributed by atoms with Gasteiger partial charge in [0, 0.05) is 43.8 Å². The molecule has 0 unspecified atom stereocenters. The summed E-state index contributed by atoms with van der Waals surface area (Å²) in [5.74, 6) is -0.845. The van der Waals surface area contributed by atoms with E-state index < -0.39 is 11.5 Å². The van der Waals surface area contributed by atoms with Gasteiger partial charge in [-0.1, -0.05) is 66.0 Å². The van der Waals surface area contributed by atoms with Crippen LogP contribution in [-0.2, 0) is 16.0 Å². The van der Waals surface area contributed by atoms with Gasteiger partial charge < -0.3 is 19.7 Å². The Balaban J connectivity index is 1.53. The molecular formula is C34H50FN5O3. The summed E-state index contributed by atoms with van der Waals surface area (Å²) < 4.78 is 15.6. The predicted octanol–water partition coefficient (Wildman–Crippen LogP) is 5.78. The summed E-state index contributed by atoms with van der Waals surface area (Å²) in [6.45, 7) is 11.1. The van der Waals surface area contributed by atoms with Crippen molar-refractivity contribution in [3.05, 3.63) is 53.9 Å². The third kappa shape index (κ3) is 8.45. The van der Waals surface area contributed by atoms with Gasteiger partial charge >= 0.3 is 0 Å². The maximum atomic E-state index is 14.0. The number of hydrogen-bond donors (Lipinski definition) is 1. The Kier molecular flexibility index (Phi) is 11.0. The lowest BCUT2D eigenvalue weighted by Gasteiger charge is -2.37. The summed E-state index contributed by atoms with van der Waals surface area (Å²) >= 11 is 0. The lowest BCUT2D eigenvalue weighted by Crippen LogP contribution is -2.57. The lowest BCUT2D eigenvalue weighted by atomic mass is 9.85. The van der Waals surface area contributed by atoms with Crippen LogP contribution in [0.25, 0.3) is 0 Å². The SMILES string of the molecule is CC[C@@H](C)C(=O)N[C@H](C(=O)N1CCC[C@H]1CN(CCc1ccc(F)cc1)C(=O)c1cn(C2CCCCC2)cn1)C(C)(C)C. The first-order chi connectivity index (χ1) is 20.5. The standard InChI is InChI=1S/C34H50FN5O3/c1-6-24(2)31(41)37-30(34(3,4)5)33(43)40-19-10-13-28(40)21-38(20-18-25-14-16-26(35)17-15-25)32(42)29-22-39(23-36-29)27-11-8-7-9-12-27/h14-17,22-24,27-28,30H,6-13,18-21H2,1-5H3,(H,37,41)/t24-,28+,30-/m1/s1. The molecule has 2 aliphatic rings. The van der Waals surface area contributed by atoms with Gasteiger partial charge in [0.25, 0.3) is 5.91 Å². The molecule has 1 saturated carbocycles. The van der Waals surface area contributed by atoms with Crippen molar-refractivity contribution in [2.45, 2.75) is 111 Å². The van der Waals surface area contributed by atoms with E-state index in [0.29, 0.717) is 44.2 Å². The Morgan fingerprint density at radius 2 is 1.77 bits per heavy atom. The van der Waals surface area contributed by atoms with E-state index in [1.807, 2.05) is 45.7 Å². The molecule has 0 bridgehead atoms. The van der Waals surface area contributed by atoms with Crippen molar-refractivity contribution in [2.24, 2.45) is 11.3 Å². The van der Waals surface area contributed by atoms with Crippen molar-refractivity contribution in [2.75, 3.05) is 19.6 Å². The third-order valence-corrected chi connectivity index (χ3v) is 9.24. The Hall–Kier alpha value is -3.23. The number of benzene rings is 1. The molecule has 2 heterocycles. The summed E-state index contributed by atoms with van der Waals surface area (Å²) in [6.07, 6.45) is 12.4. The Labute approximate surface area is 256 Å². The van der Waals surface area contributed by atoms with Gasteiger partial charge in [-0.3, -0.25) is 14.4 Å². The first-order valence-corrected chi connectivity index (χ1v) is 16.2. The largest absolute Gasteiger partial charge is 0.344 e. The summed E-state index contributed by atoms with van der Waals surface area (Å²) in [6, 6.07) is 5.90. The average Bonchev–Trinajstić information content (AvgIpc) is 3.68. The topological polar surface area (TPSA) is 87.5 Å². The number of likely N-dealkylation sites (tertiary alicyclic amines) is 1. The van der Waals surface area contributed by atoms with Crippen LogP contribution in [0.5, 0.6) is 0 Å². The van der Waals surface area contributed by atoms with E-state index in [1.54, 1.807) is 23.4 Å². The second-order valence-corrected chi connectivity index (χ2v) is 13.6. The van der Waals surface area contributed by atoms with Gasteiger partial charge in [-0.15, -0.1) is 0 Å². The highest BCUT2D eigenvalue weighted by Gasteiger charge is 2.41. The van der Waals surface area contributed by atoms with Crippen molar-refractivity contribution in [3.63, 3.8) is 0 Å². The molecular weight excluding hydrogens is 545 g/mol. The lowest BCUT2D eigenvalue weighted by molar-refractivity contribution is -0.141. The molecule has 1 N–H and O–H groups in total. The molecule has 2 fully saturated rings. The van der Waals surface area contributed by atoms with E-state index in [4.69, 9.17) is 0 Å². The second-order valence-electron chi connectivity index (χ2n) is 13.6. The Bertz CT molecular complexity index is 1230. The average molecular weight is 596 g/mol. The number of carbonyl (C=O) groups excluding carboxylic acids is 3. The van der Waals surface area contributed by atoms with Crippen LogP contribution in [0.2, 0.25) is 0 Å². The van der Waals surface area contributed by atoms with Gasteiger partial charge in [-0.05, 0) is 61.6 Å². The molecule has 9 heteroatoms. The number of carbonyl (C=O) groups is 3. The van der Waals surface area contributed by atoms with Crippen molar-refractivity contribution < 1.29 is 18.8 Å². The molecule has 1 aromatic heterocycles. The van der Waals surface area contributed by atoms with Gasteiger partial charge in [0.1, 0.15) is 17.6 Å². The number of halogens is 1. The predicted molar refractivity (Wildman–Crippen MR) is 166 cm³/mol. The van der Waals surface area contributed by atoms with E-state index in [-0.39, 0.29) is 35.5 Å². The second kappa shape index (κ2) is 14.5. The first kappa shape index (κ1) is 32.7. The van der Waals surface area contributed by atoms with Crippen LogP contribution < -0.4 is 5.32 Å². The van der Waals surface area contributed by atoms with Gasteiger partial charge in [0.05, 0.1) is 6.33 Å². The van der Waals surface area contributed by atoms with Gasteiger partial charge in [-0.2, -0.15) is 0 Å². The van der Waals surface area contributed by atoms with Crippen LogP contribution in [0.1, 0.15) is 108 Å². The molecule has 3 amide bonds. The van der Waals surface area contributed by atoms with Crippen LogP contribution in [-0.4, -0.2) is 68.8 Å². The molecule has 2 aromatic rings. The molecule has 43 heavy (non-hydrogen) atoms. The minimum Gasteiger partial charge on any atom is -0.344 e. The molecule has 236 valence electrons. The number of rotatable bonds is 11. The number of nitrogens with zero attached hydrogens (tertiary/aromatic N) is 4. The number of amides is 3. The van der Waals surface area contributed by atoms with Crippen molar-refractivity contribution in [1.82, 2.24) is 24.7 Å². The summed E-state index contributed by atoms with van der Waals surface area (Å²) in [4.78, 5) is 49.0. The number of hydrogen-bond acceptors (Lipinski definition) is 4. The summed E-state index contributed by atoms with van der Waals surface area (Å²) in [5, 5.41) is 3.04. The number of imidazole rings is 1. The molecule has 0 radical (unpaired) electrons. The zero-order valence-electron chi connectivity index (χ0n) is 26.7. The van der Waals surface area contributed by atoms with Gasteiger partial charge in [0.15, 0.2) is 0 Å². The zero-order valence-corrected chi connectivity index (χ0v) is 26.7. The molecule has 3 atom stereocenters. The van der Waals surface area contributed by atoms with Crippen LogP contribution in [0, 0.1) is 17.2 Å². The summed E-state index contributed by atoms with van der Waals surface area (Å²) in [5.41, 5.74) is 0.873. The molecule has 1 saturated heterocycles. The fraction of sp³-hybridized carbons (Fsp3) is 0.647. The number of aromatic nitrogens is 2. The highest BCUT2D eigenvalue weighted by molar-refractivity contribution is 5.92. The summed E-state index contributed by atoms with van der Waals surface area (Å²) in [7, 11) is 0. The molecule has 4 rings (SSSR count). The van der Waals surface area contributed by atoms with Crippen LogP contribution in [0.3, 0.4) is 0 Å². The fourth-order valence-electron chi connectivity index (χ4n) is 6.23. The fourth-order valence-corrected chi connectivity index (χ4v) is 6.23. The van der Waals surface area contributed by atoms with Gasteiger partial charge in [-0.25, -0.2) is 9.37 Å². The maximum absolute atomic E-state index is 14.0. The van der Waals surface area contributed by atoms with Gasteiger partial charge in [0.2, 0.25) is 11.8 Å². The Morgan fingerprint density at radius 3 is 2.42 bits per heavy atom. The van der Waals surface area contributed by atoms with E-state index in [2.05, 4.69) is 14.9 Å². The molecule has 0 spiro atoms. The third-order valence-electron chi connectivity index (χ3n) is 9.24. The first-order valence-electron chi connectivity index (χ1n) is 16.2. The zero-order chi connectivity index (χ0) is 31.1. The Morgan fingerprint density at radius 1 is 1.07 bits per heavy atom. The highest BCUT2D eigenvalue weighted by Crippen LogP contribution is 2.29. The quantitative estimate of drug-likeness (QED) is 0.357. The highest BCUT2D eigenvalue weighted by atomic mass is 19.1.